The number of carbonyl (C=O) groups is 1. The van der Waals surface area contributed by atoms with Crippen LogP contribution in [0.4, 0.5) is 5.69 Å². The summed E-state index contributed by atoms with van der Waals surface area (Å²) in [7, 11) is 0. The zero-order chi connectivity index (χ0) is 15.5. The Kier molecular flexibility index (Phi) is 3.48. The van der Waals surface area contributed by atoms with Crippen molar-refractivity contribution in [3.63, 3.8) is 0 Å². The SMILES string of the molecule is Cc1nnc(-c2cccc(NC(=O)c3ccc(=O)[nH]n3)c2)o1. The number of nitrogens with zero attached hydrogens (tertiary/aromatic N) is 3. The second-order valence-corrected chi connectivity index (χ2v) is 4.47. The molecule has 0 unspecified atom stereocenters. The average Bonchev–Trinajstić information content (AvgIpc) is 2.95. The standard InChI is InChI=1S/C14H11N5O3/c1-8-16-19-14(22-8)9-3-2-4-10(7-9)15-13(21)11-5-6-12(20)18-17-11/h2-7H,1H3,(H,15,21)(H,18,20). The first-order chi connectivity index (χ1) is 10.6. The molecular weight excluding hydrogens is 286 g/mol. The summed E-state index contributed by atoms with van der Waals surface area (Å²) < 4.78 is 5.34. The lowest BCUT2D eigenvalue weighted by atomic mass is 10.2. The molecule has 0 saturated heterocycles. The van der Waals surface area contributed by atoms with Crippen molar-refractivity contribution in [3.05, 3.63) is 58.3 Å². The molecule has 0 spiro atoms. The molecule has 1 aromatic carbocycles. The molecule has 0 fully saturated rings. The summed E-state index contributed by atoms with van der Waals surface area (Å²) in [4.78, 5) is 23.0. The normalized spacial score (nSPS) is 10.4. The van der Waals surface area contributed by atoms with E-state index in [-0.39, 0.29) is 11.3 Å². The van der Waals surface area contributed by atoms with Crippen LogP contribution < -0.4 is 10.9 Å². The molecule has 0 aliphatic carbocycles. The van der Waals surface area contributed by atoms with Gasteiger partial charge in [0.05, 0.1) is 0 Å². The van der Waals surface area contributed by atoms with E-state index >= 15 is 0 Å². The lowest BCUT2D eigenvalue weighted by Gasteiger charge is -2.05. The number of amides is 1. The number of aromatic nitrogens is 4. The Labute approximate surface area is 124 Å². The summed E-state index contributed by atoms with van der Waals surface area (Å²) in [5, 5.41) is 16.2. The second kappa shape index (κ2) is 5.60. The third kappa shape index (κ3) is 2.90. The summed E-state index contributed by atoms with van der Waals surface area (Å²) in [6.45, 7) is 1.70. The molecule has 22 heavy (non-hydrogen) atoms. The number of nitrogens with one attached hydrogen (secondary N) is 2. The van der Waals surface area contributed by atoms with Gasteiger partial charge in [0.25, 0.3) is 11.5 Å². The van der Waals surface area contributed by atoms with E-state index in [1.165, 1.54) is 12.1 Å². The van der Waals surface area contributed by atoms with Crippen molar-refractivity contribution < 1.29 is 9.21 Å². The van der Waals surface area contributed by atoms with Crippen molar-refractivity contribution in [3.8, 4) is 11.5 Å². The maximum Gasteiger partial charge on any atom is 0.276 e. The molecule has 3 aromatic rings. The maximum atomic E-state index is 12.0. The number of hydrogen-bond acceptors (Lipinski definition) is 6. The molecule has 3 rings (SSSR count). The predicted octanol–water partition coefficient (Wildman–Crippen LogP) is 1.38. The molecule has 0 saturated carbocycles. The molecule has 110 valence electrons. The van der Waals surface area contributed by atoms with Gasteiger partial charge in [-0.25, -0.2) is 5.10 Å². The number of carbonyl (C=O) groups excluding carboxylic acids is 1. The maximum absolute atomic E-state index is 12.0. The Hall–Kier alpha value is -3.29. The molecule has 0 radical (unpaired) electrons. The minimum atomic E-state index is -0.435. The number of rotatable bonds is 3. The summed E-state index contributed by atoms with van der Waals surface area (Å²) in [6.07, 6.45) is 0. The van der Waals surface area contributed by atoms with Gasteiger partial charge in [0.1, 0.15) is 5.69 Å². The molecule has 1 amide bonds. The van der Waals surface area contributed by atoms with Crippen LogP contribution in [0, 0.1) is 6.92 Å². The van der Waals surface area contributed by atoms with Crippen LogP contribution in [0.2, 0.25) is 0 Å². The Bertz CT molecular complexity index is 863. The summed E-state index contributed by atoms with van der Waals surface area (Å²) in [6, 6.07) is 9.55. The van der Waals surface area contributed by atoms with Gasteiger partial charge in [-0.15, -0.1) is 10.2 Å². The fourth-order valence-corrected chi connectivity index (χ4v) is 1.81. The fourth-order valence-electron chi connectivity index (χ4n) is 1.81. The number of H-pyrrole nitrogens is 1. The Balaban J connectivity index is 1.82. The molecule has 2 aromatic heterocycles. The molecule has 0 atom stereocenters. The zero-order valence-electron chi connectivity index (χ0n) is 11.5. The number of anilines is 1. The minimum absolute atomic E-state index is 0.110. The van der Waals surface area contributed by atoms with Crippen molar-refractivity contribution in [2.24, 2.45) is 0 Å². The fraction of sp³-hybridized carbons (Fsp3) is 0.0714. The van der Waals surface area contributed by atoms with Crippen molar-refractivity contribution >= 4 is 11.6 Å². The van der Waals surface area contributed by atoms with Crippen LogP contribution in [0.25, 0.3) is 11.5 Å². The first-order valence-electron chi connectivity index (χ1n) is 6.39. The van der Waals surface area contributed by atoms with E-state index in [4.69, 9.17) is 4.42 Å². The van der Waals surface area contributed by atoms with E-state index in [1.54, 1.807) is 31.2 Å². The molecule has 8 nitrogen and oxygen atoms in total. The van der Waals surface area contributed by atoms with E-state index in [9.17, 15) is 9.59 Å². The van der Waals surface area contributed by atoms with Crippen LogP contribution in [0.3, 0.4) is 0 Å². The van der Waals surface area contributed by atoms with E-state index < -0.39 is 5.91 Å². The van der Waals surface area contributed by atoms with Crippen LogP contribution in [-0.2, 0) is 0 Å². The second-order valence-electron chi connectivity index (χ2n) is 4.47. The lowest BCUT2D eigenvalue weighted by molar-refractivity contribution is 0.102. The summed E-state index contributed by atoms with van der Waals surface area (Å²) >= 11 is 0. The van der Waals surface area contributed by atoms with Gasteiger partial charge in [0, 0.05) is 24.2 Å². The van der Waals surface area contributed by atoms with Gasteiger partial charge in [-0.1, -0.05) is 6.07 Å². The van der Waals surface area contributed by atoms with Crippen LogP contribution in [-0.4, -0.2) is 26.3 Å². The minimum Gasteiger partial charge on any atom is -0.421 e. The van der Waals surface area contributed by atoms with Crippen molar-refractivity contribution in [1.82, 2.24) is 20.4 Å². The molecule has 0 aliphatic rings. The highest BCUT2D eigenvalue weighted by Gasteiger charge is 2.10. The van der Waals surface area contributed by atoms with Gasteiger partial charge >= 0.3 is 0 Å². The van der Waals surface area contributed by atoms with E-state index in [1.807, 2.05) is 0 Å². The highest BCUT2D eigenvalue weighted by Crippen LogP contribution is 2.21. The first-order valence-corrected chi connectivity index (χ1v) is 6.39. The third-order valence-electron chi connectivity index (χ3n) is 2.81. The number of hydrogen-bond donors (Lipinski definition) is 2. The monoisotopic (exact) mass is 297 g/mol. The molecule has 2 N–H and O–H groups in total. The van der Waals surface area contributed by atoms with E-state index in [2.05, 4.69) is 25.7 Å². The van der Waals surface area contributed by atoms with Crippen molar-refractivity contribution in [2.75, 3.05) is 5.32 Å². The van der Waals surface area contributed by atoms with Gasteiger partial charge in [0.15, 0.2) is 0 Å². The predicted molar refractivity (Wildman–Crippen MR) is 77.3 cm³/mol. The van der Waals surface area contributed by atoms with Crippen LogP contribution >= 0.6 is 0 Å². The Morgan fingerprint density at radius 1 is 1.23 bits per heavy atom. The largest absolute Gasteiger partial charge is 0.421 e. The molecule has 0 bridgehead atoms. The number of aryl methyl sites for hydroxylation is 1. The topological polar surface area (TPSA) is 114 Å². The van der Waals surface area contributed by atoms with Crippen LogP contribution in [0.5, 0.6) is 0 Å². The molecular formula is C14H11N5O3. The third-order valence-corrected chi connectivity index (χ3v) is 2.81. The summed E-state index contributed by atoms with van der Waals surface area (Å²) in [5.41, 5.74) is 0.975. The van der Waals surface area contributed by atoms with Crippen LogP contribution in [0.1, 0.15) is 16.4 Å². The summed E-state index contributed by atoms with van der Waals surface area (Å²) in [5.74, 6) is 0.396. The van der Waals surface area contributed by atoms with Gasteiger partial charge in [-0.3, -0.25) is 9.59 Å². The van der Waals surface area contributed by atoms with Crippen molar-refractivity contribution in [2.45, 2.75) is 6.92 Å². The average molecular weight is 297 g/mol. The van der Waals surface area contributed by atoms with Gasteiger partial charge in [-0.2, -0.15) is 5.10 Å². The Morgan fingerprint density at radius 3 is 2.77 bits per heavy atom. The van der Waals surface area contributed by atoms with E-state index in [0.29, 0.717) is 23.0 Å². The zero-order valence-corrected chi connectivity index (χ0v) is 11.5. The van der Waals surface area contributed by atoms with Gasteiger partial charge in [0.2, 0.25) is 11.8 Å². The smallest absolute Gasteiger partial charge is 0.276 e. The number of benzene rings is 1. The molecule has 2 heterocycles. The van der Waals surface area contributed by atoms with Crippen molar-refractivity contribution in [1.29, 1.82) is 0 Å². The molecule has 8 heteroatoms. The quantitative estimate of drug-likeness (QED) is 0.755. The van der Waals surface area contributed by atoms with Gasteiger partial charge in [-0.05, 0) is 24.3 Å². The highest BCUT2D eigenvalue weighted by atomic mass is 16.4. The van der Waals surface area contributed by atoms with E-state index in [0.717, 1.165) is 0 Å². The lowest BCUT2D eigenvalue weighted by Crippen LogP contribution is -2.17. The highest BCUT2D eigenvalue weighted by molar-refractivity contribution is 6.02. The number of aromatic amines is 1. The first kappa shape index (κ1) is 13.7. The molecule has 0 aliphatic heterocycles. The van der Waals surface area contributed by atoms with Crippen LogP contribution in [0.15, 0.2) is 45.6 Å². The Morgan fingerprint density at radius 2 is 2.09 bits per heavy atom. The van der Waals surface area contributed by atoms with Gasteiger partial charge < -0.3 is 9.73 Å².